The van der Waals surface area contributed by atoms with Gasteiger partial charge in [-0.25, -0.2) is 13.0 Å². The van der Waals surface area contributed by atoms with E-state index in [1.165, 1.54) is 18.2 Å². The zero-order valence-corrected chi connectivity index (χ0v) is 8.43. The molecule has 1 rings (SSSR count). The molecular formula is C6H7F2LiNO3PS. The van der Waals surface area contributed by atoms with E-state index in [4.69, 9.17) is 0 Å². The molecule has 0 saturated carbocycles. The molecule has 4 nitrogen and oxygen atoms in total. The van der Waals surface area contributed by atoms with E-state index < -0.39 is 17.9 Å². The van der Waals surface area contributed by atoms with Crippen LogP contribution in [0.1, 0.15) is 0 Å². The molecule has 15 heavy (non-hydrogen) atoms. The standard InChI is InChI=1S/C6H6F2NO3PS.Li.H/c7-13(8,10)9-14(11,12)6-4-2-1-3-5-6;;/h1-5H,(H,9,10);;. The molecule has 80 valence electrons. The molecule has 0 aliphatic heterocycles. The number of sulfonamides is 1. The molecule has 0 bridgehead atoms. The van der Waals surface area contributed by atoms with Gasteiger partial charge in [0.25, 0.3) is 0 Å². The van der Waals surface area contributed by atoms with Crippen molar-refractivity contribution in [2.24, 2.45) is 0 Å². The molecule has 0 saturated heterocycles. The van der Waals surface area contributed by atoms with E-state index in [1.54, 1.807) is 0 Å². The number of benzene rings is 1. The molecule has 0 unspecified atom stereocenters. The predicted molar refractivity (Wildman–Crippen MR) is 53.7 cm³/mol. The molecule has 0 aliphatic rings. The third-order valence-electron chi connectivity index (χ3n) is 1.28. The van der Waals surface area contributed by atoms with Gasteiger partial charge in [0, 0.05) is 0 Å². The fourth-order valence-electron chi connectivity index (χ4n) is 0.792. The molecule has 1 aromatic carbocycles. The summed E-state index contributed by atoms with van der Waals surface area (Å²) in [5, 5.41) is 0. The van der Waals surface area contributed by atoms with E-state index in [-0.39, 0.29) is 23.8 Å². The Morgan fingerprint density at radius 3 is 2.00 bits per heavy atom. The number of rotatable bonds is 3. The van der Waals surface area contributed by atoms with Crippen LogP contribution in [0, 0.1) is 0 Å². The Morgan fingerprint density at radius 2 is 1.60 bits per heavy atom. The van der Waals surface area contributed by atoms with Gasteiger partial charge in [-0.15, -0.1) is 12.9 Å². The number of halogens is 2. The van der Waals surface area contributed by atoms with Crippen LogP contribution in [0.5, 0.6) is 0 Å². The Labute approximate surface area is 98.0 Å². The van der Waals surface area contributed by atoms with E-state index in [9.17, 15) is 21.4 Å². The SMILES string of the molecule is O=P(F)(F)NS(=O)(=O)c1ccccc1.[LiH]. The Hall–Kier alpha value is -0.183. The molecule has 0 spiro atoms. The van der Waals surface area contributed by atoms with Crippen LogP contribution in [0.15, 0.2) is 35.2 Å². The number of hydrogen-bond donors (Lipinski definition) is 1. The van der Waals surface area contributed by atoms with Crippen LogP contribution < -0.4 is 4.49 Å². The molecule has 0 atom stereocenters. The fraction of sp³-hybridized carbons (Fsp3) is 0. The Balaban J connectivity index is 0.00000196. The second-order valence-electron chi connectivity index (χ2n) is 2.37. The van der Waals surface area contributed by atoms with Crippen LogP contribution in [0.3, 0.4) is 0 Å². The van der Waals surface area contributed by atoms with Gasteiger partial charge < -0.3 is 0 Å². The van der Waals surface area contributed by atoms with Gasteiger partial charge in [-0.1, -0.05) is 18.2 Å². The van der Waals surface area contributed by atoms with Crippen LogP contribution in [0.2, 0.25) is 0 Å². The Kier molecular flexibility index (Phi) is 5.17. The van der Waals surface area contributed by atoms with Gasteiger partial charge in [0.05, 0.1) is 4.90 Å². The first-order chi connectivity index (χ1) is 6.31. The van der Waals surface area contributed by atoms with Gasteiger partial charge in [-0.3, -0.25) is 0 Å². The monoisotopic (exact) mass is 249 g/mol. The van der Waals surface area contributed by atoms with Crippen molar-refractivity contribution in [2.75, 3.05) is 0 Å². The van der Waals surface area contributed by atoms with Gasteiger partial charge in [0.15, 0.2) is 0 Å². The molecule has 0 heterocycles. The normalized spacial score (nSPS) is 11.9. The molecule has 0 aliphatic carbocycles. The van der Waals surface area contributed by atoms with Crippen molar-refractivity contribution in [1.82, 2.24) is 4.49 Å². The summed E-state index contributed by atoms with van der Waals surface area (Å²) >= 11 is 0. The number of hydrogen-bond acceptors (Lipinski definition) is 3. The molecule has 0 radical (unpaired) electrons. The molecule has 0 fully saturated rings. The first kappa shape index (κ1) is 14.8. The summed E-state index contributed by atoms with van der Waals surface area (Å²) in [7, 11) is -10.2. The minimum atomic E-state index is -5.79. The first-order valence-electron chi connectivity index (χ1n) is 3.40. The maximum atomic E-state index is 12.0. The zero-order chi connectivity index (χ0) is 10.8. The van der Waals surface area contributed by atoms with E-state index in [0.717, 1.165) is 16.6 Å². The van der Waals surface area contributed by atoms with Gasteiger partial charge in [0.2, 0.25) is 10.0 Å². The number of nitrogens with one attached hydrogen (secondary N) is 1. The summed E-state index contributed by atoms with van der Waals surface area (Å²) in [6.45, 7) is 0. The van der Waals surface area contributed by atoms with Crippen LogP contribution in [-0.2, 0) is 14.6 Å². The average molecular weight is 249 g/mol. The summed E-state index contributed by atoms with van der Waals surface area (Å²) < 4.78 is 56.9. The van der Waals surface area contributed by atoms with Gasteiger partial charge in [-0.2, -0.15) is 0 Å². The van der Waals surface area contributed by atoms with Crippen molar-refractivity contribution in [3.63, 3.8) is 0 Å². The van der Waals surface area contributed by atoms with Gasteiger partial charge in [0.1, 0.15) is 0 Å². The van der Waals surface area contributed by atoms with Crippen molar-refractivity contribution < 1.29 is 21.4 Å². The summed E-state index contributed by atoms with van der Waals surface area (Å²) in [5.74, 6) is 0. The molecular weight excluding hydrogens is 242 g/mol. The van der Waals surface area contributed by atoms with Gasteiger partial charge in [-0.05, 0) is 12.1 Å². The quantitative estimate of drug-likeness (QED) is 0.649. The summed E-state index contributed by atoms with van der Waals surface area (Å²) in [6.07, 6.45) is 0. The Morgan fingerprint density at radius 1 is 1.13 bits per heavy atom. The first-order valence-corrected chi connectivity index (χ1v) is 6.37. The third kappa shape index (κ3) is 4.91. The Bertz CT molecular complexity index is 461. The molecule has 1 aromatic rings. The van der Waals surface area contributed by atoms with E-state index >= 15 is 0 Å². The second kappa shape index (κ2) is 5.24. The van der Waals surface area contributed by atoms with Gasteiger partial charge >= 0.3 is 26.8 Å². The summed E-state index contributed by atoms with van der Waals surface area (Å²) in [5.41, 5.74) is 0. The molecule has 0 aromatic heterocycles. The minimum absolute atomic E-state index is 0. The molecule has 1 N–H and O–H groups in total. The van der Waals surface area contributed by atoms with Crippen molar-refractivity contribution in [1.29, 1.82) is 0 Å². The van der Waals surface area contributed by atoms with Crippen molar-refractivity contribution in [3.8, 4) is 0 Å². The maximum absolute atomic E-state index is 12.0. The van der Waals surface area contributed by atoms with Crippen LogP contribution in [0.4, 0.5) is 8.39 Å². The predicted octanol–water partition coefficient (Wildman–Crippen LogP) is 1.36. The van der Waals surface area contributed by atoms with Crippen LogP contribution in [0.25, 0.3) is 0 Å². The third-order valence-corrected chi connectivity index (χ3v) is 3.98. The molecule has 9 heteroatoms. The van der Waals surface area contributed by atoms with Crippen LogP contribution in [-0.4, -0.2) is 27.3 Å². The van der Waals surface area contributed by atoms with E-state index in [1.807, 2.05) is 0 Å². The zero-order valence-electron chi connectivity index (χ0n) is 6.72. The van der Waals surface area contributed by atoms with E-state index in [2.05, 4.69) is 0 Å². The van der Waals surface area contributed by atoms with Crippen LogP contribution >= 0.6 is 7.91 Å². The fourth-order valence-corrected chi connectivity index (χ4v) is 2.85. The van der Waals surface area contributed by atoms with Crippen molar-refractivity contribution >= 4 is 36.8 Å². The van der Waals surface area contributed by atoms with Crippen molar-refractivity contribution in [3.05, 3.63) is 30.3 Å². The van der Waals surface area contributed by atoms with E-state index in [0.29, 0.717) is 0 Å². The summed E-state index contributed by atoms with van der Waals surface area (Å²) in [4.78, 5) is -0.351. The topological polar surface area (TPSA) is 63.2 Å². The average Bonchev–Trinajstić information content (AvgIpc) is 2.01. The summed E-state index contributed by atoms with van der Waals surface area (Å²) in [6, 6.07) is 6.52. The second-order valence-corrected chi connectivity index (χ2v) is 5.50. The molecule has 0 amide bonds. The van der Waals surface area contributed by atoms with Crippen molar-refractivity contribution in [2.45, 2.75) is 4.90 Å².